The maximum absolute atomic E-state index is 13.1. The van der Waals surface area contributed by atoms with Crippen LogP contribution in [0.2, 0.25) is 13.1 Å². The van der Waals surface area contributed by atoms with Gasteiger partial charge in [0.05, 0.1) is 0 Å². The molecule has 0 saturated carbocycles. The standard InChI is InChI=1S/C17H16ClFSi/c1-20(2,16-6-4-3-5-7-16)17(12-13-18)14-8-10-15(19)11-9-14/h3-11,13H,1-2H3. The van der Waals surface area contributed by atoms with Gasteiger partial charge in [-0.2, -0.15) is 0 Å². The van der Waals surface area contributed by atoms with Crippen molar-refractivity contribution in [3.63, 3.8) is 0 Å². The van der Waals surface area contributed by atoms with Crippen LogP contribution < -0.4 is 5.19 Å². The summed E-state index contributed by atoms with van der Waals surface area (Å²) in [5.74, 6) is -0.234. The van der Waals surface area contributed by atoms with E-state index in [2.05, 4.69) is 31.0 Å². The van der Waals surface area contributed by atoms with E-state index < -0.39 is 8.07 Å². The van der Waals surface area contributed by atoms with Crippen LogP contribution in [0, 0.1) is 5.82 Å². The Bertz CT molecular complexity index is 638. The van der Waals surface area contributed by atoms with E-state index in [9.17, 15) is 4.39 Å². The monoisotopic (exact) mass is 302 g/mol. The van der Waals surface area contributed by atoms with Crippen LogP contribution in [0.5, 0.6) is 0 Å². The van der Waals surface area contributed by atoms with Gasteiger partial charge in [-0.05, 0) is 22.9 Å². The normalized spacial score (nSPS) is 10.8. The van der Waals surface area contributed by atoms with E-state index >= 15 is 0 Å². The number of hydrogen-bond donors (Lipinski definition) is 0. The van der Waals surface area contributed by atoms with Crippen molar-refractivity contribution in [2.45, 2.75) is 13.1 Å². The van der Waals surface area contributed by atoms with E-state index in [1.54, 1.807) is 12.1 Å². The van der Waals surface area contributed by atoms with Gasteiger partial charge in [0.1, 0.15) is 13.9 Å². The molecule has 0 saturated heterocycles. The van der Waals surface area contributed by atoms with Gasteiger partial charge in [0, 0.05) is 5.54 Å². The lowest BCUT2D eigenvalue weighted by Crippen LogP contribution is -2.42. The summed E-state index contributed by atoms with van der Waals surface area (Å²) in [6.07, 6.45) is 0. The molecule has 0 aliphatic heterocycles. The Morgan fingerprint density at radius 3 is 2.20 bits per heavy atom. The number of hydrogen-bond acceptors (Lipinski definition) is 0. The van der Waals surface area contributed by atoms with Crippen LogP contribution in [0.15, 0.2) is 65.9 Å². The van der Waals surface area contributed by atoms with E-state index in [0.717, 1.165) is 10.8 Å². The smallest absolute Gasteiger partial charge is 0.123 e. The molecule has 0 aliphatic carbocycles. The summed E-state index contributed by atoms with van der Waals surface area (Å²) < 4.78 is 13.1. The summed E-state index contributed by atoms with van der Waals surface area (Å²) in [5.41, 5.74) is 5.54. The van der Waals surface area contributed by atoms with Crippen LogP contribution in [-0.2, 0) is 0 Å². The number of benzene rings is 2. The van der Waals surface area contributed by atoms with Gasteiger partial charge in [-0.1, -0.05) is 72.3 Å². The third-order valence-corrected chi connectivity index (χ3v) is 7.02. The highest BCUT2D eigenvalue weighted by molar-refractivity contribution is 7.04. The molecule has 0 bridgehead atoms. The first-order valence-electron chi connectivity index (χ1n) is 6.43. The molecule has 0 nitrogen and oxygen atoms in total. The van der Waals surface area contributed by atoms with E-state index in [-0.39, 0.29) is 5.82 Å². The van der Waals surface area contributed by atoms with E-state index in [1.807, 2.05) is 18.2 Å². The third-order valence-electron chi connectivity index (χ3n) is 3.45. The topological polar surface area (TPSA) is 0 Å². The highest BCUT2D eigenvalue weighted by Crippen LogP contribution is 2.25. The summed E-state index contributed by atoms with van der Waals surface area (Å²) in [7, 11) is -1.92. The zero-order valence-electron chi connectivity index (χ0n) is 11.5. The minimum Gasteiger partial charge on any atom is -0.207 e. The first-order chi connectivity index (χ1) is 9.55. The molecular weight excluding hydrogens is 287 g/mol. The molecule has 0 aromatic heterocycles. The Morgan fingerprint density at radius 2 is 1.65 bits per heavy atom. The first-order valence-corrected chi connectivity index (χ1v) is 9.86. The Kier molecular flexibility index (Phi) is 4.61. The second-order valence-corrected chi connectivity index (χ2v) is 9.67. The van der Waals surface area contributed by atoms with Crippen molar-refractivity contribution < 1.29 is 4.39 Å². The van der Waals surface area contributed by atoms with Crippen molar-refractivity contribution in [2.24, 2.45) is 0 Å². The molecule has 2 aromatic rings. The molecule has 0 radical (unpaired) electrons. The molecule has 2 aromatic carbocycles. The van der Waals surface area contributed by atoms with Crippen molar-refractivity contribution in [3.8, 4) is 0 Å². The van der Waals surface area contributed by atoms with Crippen LogP contribution in [0.25, 0.3) is 5.20 Å². The Morgan fingerprint density at radius 1 is 1.05 bits per heavy atom. The zero-order chi connectivity index (χ0) is 14.6. The molecule has 0 amide bonds. The molecule has 20 heavy (non-hydrogen) atoms. The predicted octanol–water partition coefficient (Wildman–Crippen LogP) is 4.72. The average molecular weight is 303 g/mol. The van der Waals surface area contributed by atoms with E-state index in [0.29, 0.717) is 0 Å². The van der Waals surface area contributed by atoms with Crippen molar-refractivity contribution in [1.29, 1.82) is 0 Å². The minimum absolute atomic E-state index is 0.234. The summed E-state index contributed by atoms with van der Waals surface area (Å²) in [5, 5.41) is 2.36. The molecule has 0 aliphatic rings. The van der Waals surface area contributed by atoms with Crippen molar-refractivity contribution >= 4 is 30.1 Å². The zero-order valence-corrected chi connectivity index (χ0v) is 13.3. The summed E-state index contributed by atoms with van der Waals surface area (Å²) in [4.78, 5) is 0. The SMILES string of the molecule is C[Si](C)(C(=C=CCl)c1ccc(F)cc1)c1ccccc1. The summed E-state index contributed by atoms with van der Waals surface area (Å²) >= 11 is 5.76. The predicted molar refractivity (Wildman–Crippen MR) is 87.3 cm³/mol. The molecule has 0 atom stereocenters. The lowest BCUT2D eigenvalue weighted by molar-refractivity contribution is 0.627. The molecule has 0 N–H and O–H groups in total. The molecule has 0 spiro atoms. The maximum atomic E-state index is 13.1. The molecule has 2 rings (SSSR count). The number of halogens is 2. The molecular formula is C17H16ClFSi. The molecule has 0 fully saturated rings. The van der Waals surface area contributed by atoms with Crippen molar-refractivity contribution in [1.82, 2.24) is 0 Å². The molecule has 3 heteroatoms. The largest absolute Gasteiger partial charge is 0.207 e. The van der Waals surface area contributed by atoms with E-state index in [1.165, 1.54) is 22.9 Å². The Hall–Kier alpha value is -1.60. The van der Waals surface area contributed by atoms with Gasteiger partial charge in [0.25, 0.3) is 0 Å². The fraction of sp³-hybridized carbons (Fsp3) is 0.118. The van der Waals surface area contributed by atoms with Crippen LogP contribution in [0.1, 0.15) is 5.56 Å². The van der Waals surface area contributed by atoms with Gasteiger partial charge in [-0.15, -0.1) is 5.73 Å². The van der Waals surface area contributed by atoms with Gasteiger partial charge >= 0.3 is 0 Å². The van der Waals surface area contributed by atoms with Gasteiger partial charge in [0.2, 0.25) is 0 Å². The lowest BCUT2D eigenvalue weighted by atomic mass is 10.2. The van der Waals surface area contributed by atoms with Gasteiger partial charge in [0.15, 0.2) is 0 Å². The van der Waals surface area contributed by atoms with Crippen molar-refractivity contribution in [3.05, 3.63) is 77.2 Å². The van der Waals surface area contributed by atoms with Crippen LogP contribution in [0.4, 0.5) is 4.39 Å². The second kappa shape index (κ2) is 6.23. The minimum atomic E-state index is -1.92. The Labute approximate surface area is 125 Å². The molecule has 0 unspecified atom stereocenters. The molecule has 0 heterocycles. The second-order valence-electron chi connectivity index (χ2n) is 5.13. The first kappa shape index (κ1) is 14.8. The fourth-order valence-corrected chi connectivity index (χ4v) is 5.13. The lowest BCUT2D eigenvalue weighted by Gasteiger charge is -2.25. The maximum Gasteiger partial charge on any atom is 0.123 e. The highest BCUT2D eigenvalue weighted by Gasteiger charge is 2.29. The summed E-state index contributed by atoms with van der Waals surface area (Å²) in [6.45, 7) is 4.49. The molecule has 102 valence electrons. The highest BCUT2D eigenvalue weighted by atomic mass is 35.5. The van der Waals surface area contributed by atoms with Crippen LogP contribution >= 0.6 is 11.6 Å². The van der Waals surface area contributed by atoms with Crippen LogP contribution in [-0.4, -0.2) is 8.07 Å². The van der Waals surface area contributed by atoms with Gasteiger partial charge < -0.3 is 0 Å². The third kappa shape index (κ3) is 3.10. The van der Waals surface area contributed by atoms with Gasteiger partial charge in [-0.3, -0.25) is 0 Å². The van der Waals surface area contributed by atoms with Crippen molar-refractivity contribution in [2.75, 3.05) is 0 Å². The van der Waals surface area contributed by atoms with Crippen LogP contribution in [0.3, 0.4) is 0 Å². The van der Waals surface area contributed by atoms with Gasteiger partial charge in [-0.25, -0.2) is 4.39 Å². The number of rotatable bonds is 3. The summed E-state index contributed by atoms with van der Waals surface area (Å²) in [6, 6.07) is 16.9. The quantitative estimate of drug-likeness (QED) is 0.569. The van der Waals surface area contributed by atoms with E-state index in [4.69, 9.17) is 11.6 Å². The Balaban J connectivity index is 2.55. The average Bonchev–Trinajstić information content (AvgIpc) is 2.47. The fourth-order valence-electron chi connectivity index (χ4n) is 2.29.